The minimum absolute atomic E-state index is 0.231. The number of carbonyl (C=O) groups excluding carboxylic acids is 1. The van der Waals surface area contributed by atoms with E-state index in [-0.39, 0.29) is 11.7 Å². The SMILES string of the molecule is O=C(NCc1ccc(F)cc1)c1cncn1-c1ccccc1. The molecule has 0 spiro atoms. The van der Waals surface area contributed by atoms with E-state index in [1.807, 2.05) is 30.3 Å². The number of nitrogens with zero attached hydrogens (tertiary/aromatic N) is 2. The highest BCUT2D eigenvalue weighted by molar-refractivity contribution is 5.92. The van der Waals surface area contributed by atoms with Gasteiger partial charge in [0.05, 0.1) is 12.5 Å². The summed E-state index contributed by atoms with van der Waals surface area (Å²) in [5.74, 6) is -0.525. The Kier molecular flexibility index (Phi) is 3.96. The van der Waals surface area contributed by atoms with Crippen molar-refractivity contribution in [2.45, 2.75) is 6.54 Å². The number of carbonyl (C=O) groups is 1. The Hall–Kier alpha value is -2.95. The molecule has 3 rings (SSSR count). The smallest absolute Gasteiger partial charge is 0.270 e. The molecule has 0 radical (unpaired) electrons. The summed E-state index contributed by atoms with van der Waals surface area (Å²) < 4.78 is 14.6. The van der Waals surface area contributed by atoms with E-state index in [0.29, 0.717) is 12.2 Å². The molecule has 1 heterocycles. The van der Waals surface area contributed by atoms with Gasteiger partial charge in [0.15, 0.2) is 0 Å². The van der Waals surface area contributed by atoms with Crippen LogP contribution in [0.4, 0.5) is 4.39 Å². The summed E-state index contributed by atoms with van der Waals surface area (Å²) in [6.45, 7) is 0.332. The number of para-hydroxylation sites is 1. The van der Waals surface area contributed by atoms with Crippen molar-refractivity contribution in [3.63, 3.8) is 0 Å². The first-order chi connectivity index (χ1) is 10.7. The molecule has 0 aliphatic carbocycles. The summed E-state index contributed by atoms with van der Waals surface area (Å²) in [4.78, 5) is 16.3. The molecule has 4 nitrogen and oxygen atoms in total. The summed E-state index contributed by atoms with van der Waals surface area (Å²) in [5, 5.41) is 2.81. The van der Waals surface area contributed by atoms with E-state index in [1.165, 1.54) is 18.3 Å². The van der Waals surface area contributed by atoms with Gasteiger partial charge in [-0.05, 0) is 29.8 Å². The van der Waals surface area contributed by atoms with Crippen LogP contribution < -0.4 is 5.32 Å². The van der Waals surface area contributed by atoms with Crippen LogP contribution >= 0.6 is 0 Å². The molecule has 0 saturated carbocycles. The molecule has 0 aliphatic rings. The van der Waals surface area contributed by atoms with Crippen LogP contribution in [-0.4, -0.2) is 15.5 Å². The molecule has 0 aliphatic heterocycles. The molecule has 0 fully saturated rings. The van der Waals surface area contributed by atoms with Gasteiger partial charge in [-0.25, -0.2) is 9.37 Å². The average molecular weight is 295 g/mol. The number of nitrogens with one attached hydrogen (secondary N) is 1. The maximum absolute atomic E-state index is 12.9. The summed E-state index contributed by atoms with van der Waals surface area (Å²) in [7, 11) is 0. The van der Waals surface area contributed by atoms with Gasteiger partial charge in [0, 0.05) is 12.2 Å². The van der Waals surface area contributed by atoms with Crippen molar-refractivity contribution in [3.05, 3.63) is 84.2 Å². The Morgan fingerprint density at radius 3 is 2.55 bits per heavy atom. The van der Waals surface area contributed by atoms with Crippen molar-refractivity contribution in [2.75, 3.05) is 0 Å². The number of aromatic nitrogens is 2. The summed E-state index contributed by atoms with van der Waals surface area (Å²) >= 11 is 0. The Bertz CT molecular complexity index is 766. The predicted octanol–water partition coefficient (Wildman–Crippen LogP) is 2.94. The molecule has 0 bridgehead atoms. The molecular weight excluding hydrogens is 281 g/mol. The molecule has 22 heavy (non-hydrogen) atoms. The fourth-order valence-electron chi connectivity index (χ4n) is 2.13. The first-order valence-corrected chi connectivity index (χ1v) is 6.84. The van der Waals surface area contributed by atoms with Crippen molar-refractivity contribution in [3.8, 4) is 5.69 Å². The first kappa shape index (κ1) is 14.0. The molecule has 1 amide bonds. The molecular formula is C17H14FN3O. The minimum atomic E-state index is -0.294. The van der Waals surface area contributed by atoms with Crippen LogP contribution in [0.25, 0.3) is 5.69 Å². The Morgan fingerprint density at radius 1 is 1.09 bits per heavy atom. The van der Waals surface area contributed by atoms with Gasteiger partial charge < -0.3 is 5.32 Å². The summed E-state index contributed by atoms with van der Waals surface area (Å²) in [6.07, 6.45) is 3.12. The monoisotopic (exact) mass is 295 g/mol. The quantitative estimate of drug-likeness (QED) is 0.804. The van der Waals surface area contributed by atoms with Gasteiger partial charge >= 0.3 is 0 Å². The standard InChI is InChI=1S/C17H14FN3O/c18-14-8-6-13(7-9-14)10-20-17(22)16-11-19-12-21(16)15-4-2-1-3-5-15/h1-9,11-12H,10H2,(H,20,22). The van der Waals surface area contributed by atoms with Gasteiger partial charge in [-0.2, -0.15) is 0 Å². The van der Waals surface area contributed by atoms with Gasteiger partial charge in [0.1, 0.15) is 11.5 Å². The van der Waals surface area contributed by atoms with Gasteiger partial charge in [0.2, 0.25) is 0 Å². The van der Waals surface area contributed by atoms with E-state index in [9.17, 15) is 9.18 Å². The maximum Gasteiger partial charge on any atom is 0.270 e. The normalized spacial score (nSPS) is 10.4. The highest BCUT2D eigenvalue weighted by Crippen LogP contribution is 2.11. The van der Waals surface area contributed by atoms with Crippen LogP contribution in [0.15, 0.2) is 67.1 Å². The fourth-order valence-corrected chi connectivity index (χ4v) is 2.13. The second kappa shape index (κ2) is 6.22. The number of imidazole rings is 1. The number of halogens is 1. The van der Waals surface area contributed by atoms with Crippen LogP contribution in [-0.2, 0) is 6.54 Å². The summed E-state index contributed by atoms with van der Waals surface area (Å²) in [6, 6.07) is 15.5. The van der Waals surface area contributed by atoms with E-state index in [4.69, 9.17) is 0 Å². The number of benzene rings is 2. The minimum Gasteiger partial charge on any atom is -0.347 e. The van der Waals surface area contributed by atoms with E-state index in [1.54, 1.807) is 23.0 Å². The fraction of sp³-hybridized carbons (Fsp3) is 0.0588. The topological polar surface area (TPSA) is 46.9 Å². The van der Waals surface area contributed by atoms with E-state index in [2.05, 4.69) is 10.3 Å². The zero-order valence-electron chi connectivity index (χ0n) is 11.7. The summed E-state index contributed by atoms with van der Waals surface area (Å²) in [5.41, 5.74) is 2.15. The van der Waals surface area contributed by atoms with Crippen molar-refractivity contribution in [1.82, 2.24) is 14.9 Å². The number of rotatable bonds is 4. The lowest BCUT2D eigenvalue weighted by atomic mass is 10.2. The third-order valence-electron chi connectivity index (χ3n) is 3.27. The third-order valence-corrected chi connectivity index (χ3v) is 3.27. The average Bonchev–Trinajstić information content (AvgIpc) is 3.04. The number of hydrogen-bond acceptors (Lipinski definition) is 2. The predicted molar refractivity (Wildman–Crippen MR) is 81.1 cm³/mol. The highest BCUT2D eigenvalue weighted by Gasteiger charge is 2.12. The lowest BCUT2D eigenvalue weighted by molar-refractivity contribution is 0.0944. The van der Waals surface area contributed by atoms with Gasteiger partial charge in [-0.3, -0.25) is 9.36 Å². The van der Waals surface area contributed by atoms with Crippen LogP contribution in [0.1, 0.15) is 16.1 Å². The van der Waals surface area contributed by atoms with Crippen molar-refractivity contribution in [2.24, 2.45) is 0 Å². The van der Waals surface area contributed by atoms with E-state index in [0.717, 1.165) is 11.3 Å². The Labute approximate surface area is 127 Å². The zero-order chi connectivity index (χ0) is 15.4. The molecule has 0 saturated heterocycles. The number of hydrogen-bond donors (Lipinski definition) is 1. The lowest BCUT2D eigenvalue weighted by Crippen LogP contribution is -2.25. The van der Waals surface area contributed by atoms with Crippen LogP contribution in [0, 0.1) is 5.82 Å². The van der Waals surface area contributed by atoms with Crippen molar-refractivity contribution in [1.29, 1.82) is 0 Å². The molecule has 5 heteroatoms. The second-order valence-electron chi connectivity index (χ2n) is 4.79. The molecule has 1 N–H and O–H groups in total. The zero-order valence-corrected chi connectivity index (χ0v) is 11.7. The molecule has 1 aromatic heterocycles. The Morgan fingerprint density at radius 2 is 1.82 bits per heavy atom. The molecule has 110 valence electrons. The van der Waals surface area contributed by atoms with Gasteiger partial charge in [-0.1, -0.05) is 30.3 Å². The molecule has 2 aromatic carbocycles. The van der Waals surface area contributed by atoms with E-state index >= 15 is 0 Å². The molecule has 0 unspecified atom stereocenters. The molecule has 3 aromatic rings. The second-order valence-corrected chi connectivity index (χ2v) is 4.79. The highest BCUT2D eigenvalue weighted by atomic mass is 19.1. The van der Waals surface area contributed by atoms with Crippen LogP contribution in [0.2, 0.25) is 0 Å². The largest absolute Gasteiger partial charge is 0.347 e. The Balaban J connectivity index is 1.73. The van der Waals surface area contributed by atoms with Gasteiger partial charge in [0.25, 0.3) is 5.91 Å². The van der Waals surface area contributed by atoms with Crippen molar-refractivity contribution < 1.29 is 9.18 Å². The number of amides is 1. The van der Waals surface area contributed by atoms with Crippen LogP contribution in [0.3, 0.4) is 0 Å². The van der Waals surface area contributed by atoms with Crippen molar-refractivity contribution >= 4 is 5.91 Å². The van der Waals surface area contributed by atoms with Gasteiger partial charge in [-0.15, -0.1) is 0 Å². The lowest BCUT2D eigenvalue weighted by Gasteiger charge is -2.09. The maximum atomic E-state index is 12.9. The third kappa shape index (κ3) is 3.03. The van der Waals surface area contributed by atoms with Crippen LogP contribution in [0.5, 0.6) is 0 Å². The first-order valence-electron chi connectivity index (χ1n) is 6.84. The van der Waals surface area contributed by atoms with E-state index < -0.39 is 0 Å². The molecule has 0 atom stereocenters.